The molecule has 0 unspecified atom stereocenters. The molecular weight excluding hydrogens is 458 g/mol. The lowest BCUT2D eigenvalue weighted by Gasteiger charge is -2.22. The van der Waals surface area contributed by atoms with Crippen molar-refractivity contribution >= 4 is 28.5 Å². The van der Waals surface area contributed by atoms with E-state index in [1.165, 1.54) is 4.68 Å². The summed E-state index contributed by atoms with van der Waals surface area (Å²) in [4.78, 5) is 51.4. The summed E-state index contributed by atoms with van der Waals surface area (Å²) in [5, 5.41) is 7.81. The van der Waals surface area contributed by atoms with Crippen LogP contribution in [0, 0.1) is 12.8 Å². The second-order valence-corrected chi connectivity index (χ2v) is 9.14. The van der Waals surface area contributed by atoms with Crippen LogP contribution in [0.4, 0.5) is 0 Å². The number of hydrazine groups is 1. The van der Waals surface area contributed by atoms with Crippen molar-refractivity contribution in [2.45, 2.75) is 59.5 Å². The average molecular weight is 492 g/mol. The zero-order chi connectivity index (χ0) is 26.2. The van der Waals surface area contributed by atoms with Crippen molar-refractivity contribution in [1.82, 2.24) is 25.9 Å². The largest absolute Gasteiger partial charge is 0.340 e. The zero-order valence-corrected chi connectivity index (χ0v) is 21.1. The van der Waals surface area contributed by atoms with Gasteiger partial charge in [0.25, 0.3) is 23.3 Å². The van der Waals surface area contributed by atoms with Gasteiger partial charge >= 0.3 is 0 Å². The van der Waals surface area contributed by atoms with Crippen molar-refractivity contribution in [2.75, 3.05) is 0 Å². The smallest absolute Gasteiger partial charge is 0.290 e. The summed E-state index contributed by atoms with van der Waals surface area (Å²) in [5.74, 6) is -1.85. The van der Waals surface area contributed by atoms with Gasteiger partial charge in [0.1, 0.15) is 6.04 Å². The number of aromatic nitrogens is 2. The van der Waals surface area contributed by atoms with Crippen LogP contribution in [-0.2, 0) is 11.3 Å². The highest BCUT2D eigenvalue weighted by Crippen LogP contribution is 2.14. The van der Waals surface area contributed by atoms with Crippen molar-refractivity contribution in [3.63, 3.8) is 0 Å². The Balaban J connectivity index is 1.76. The fourth-order valence-corrected chi connectivity index (χ4v) is 3.87. The first kappa shape index (κ1) is 26.6. The highest BCUT2D eigenvalue weighted by atomic mass is 16.2. The highest BCUT2D eigenvalue weighted by molar-refractivity contribution is 6.05. The van der Waals surface area contributed by atoms with Crippen molar-refractivity contribution in [2.24, 2.45) is 5.92 Å². The van der Waals surface area contributed by atoms with Crippen LogP contribution in [0.25, 0.3) is 10.8 Å². The summed E-state index contributed by atoms with van der Waals surface area (Å²) in [6.07, 6.45) is 2.68. The Morgan fingerprint density at radius 1 is 0.944 bits per heavy atom. The van der Waals surface area contributed by atoms with Gasteiger partial charge in [0.05, 0.1) is 5.39 Å². The number of aryl methyl sites for hydroxylation is 2. The number of benzene rings is 2. The van der Waals surface area contributed by atoms with E-state index in [9.17, 15) is 19.2 Å². The van der Waals surface area contributed by atoms with Crippen molar-refractivity contribution in [1.29, 1.82) is 0 Å². The van der Waals surface area contributed by atoms with Gasteiger partial charge in [0, 0.05) is 17.5 Å². The van der Waals surface area contributed by atoms with E-state index in [0.717, 1.165) is 24.8 Å². The number of hydrogen-bond donors (Lipinski definition) is 3. The summed E-state index contributed by atoms with van der Waals surface area (Å²) in [7, 11) is 0. The molecule has 0 fully saturated rings. The predicted molar refractivity (Wildman–Crippen MR) is 138 cm³/mol. The summed E-state index contributed by atoms with van der Waals surface area (Å²) < 4.78 is 1.30. The molecule has 3 N–H and O–H groups in total. The third-order valence-corrected chi connectivity index (χ3v) is 5.87. The van der Waals surface area contributed by atoms with Crippen molar-refractivity contribution in [3.8, 4) is 0 Å². The Morgan fingerprint density at radius 2 is 1.67 bits per heavy atom. The van der Waals surface area contributed by atoms with Crippen LogP contribution in [-0.4, -0.2) is 33.5 Å². The van der Waals surface area contributed by atoms with Crippen LogP contribution < -0.4 is 21.7 Å². The number of carbonyl (C=O) groups is 3. The van der Waals surface area contributed by atoms with Gasteiger partial charge in [0.15, 0.2) is 5.69 Å². The lowest BCUT2D eigenvalue weighted by atomic mass is 10.0. The van der Waals surface area contributed by atoms with Crippen LogP contribution >= 0.6 is 0 Å². The summed E-state index contributed by atoms with van der Waals surface area (Å²) in [5.41, 5.74) is 5.94. The monoisotopic (exact) mass is 491 g/mol. The molecule has 190 valence electrons. The summed E-state index contributed by atoms with van der Waals surface area (Å²) in [6, 6.07) is 12.9. The van der Waals surface area contributed by atoms with E-state index in [4.69, 9.17) is 0 Å². The van der Waals surface area contributed by atoms with E-state index in [1.807, 2.05) is 13.0 Å². The number of rotatable bonds is 9. The summed E-state index contributed by atoms with van der Waals surface area (Å²) in [6.45, 7) is 7.92. The molecule has 0 aliphatic rings. The number of unbranched alkanes of at least 4 members (excludes halogenated alkanes) is 2. The molecule has 1 heterocycles. The molecule has 0 spiro atoms. The minimum Gasteiger partial charge on any atom is -0.340 e. The molecule has 9 heteroatoms. The van der Waals surface area contributed by atoms with Crippen LogP contribution in [0.3, 0.4) is 0 Å². The quantitative estimate of drug-likeness (QED) is 0.314. The molecule has 2 aromatic carbocycles. The van der Waals surface area contributed by atoms with Crippen LogP contribution in [0.15, 0.2) is 53.3 Å². The molecule has 0 saturated heterocycles. The maximum absolute atomic E-state index is 13.0. The van der Waals surface area contributed by atoms with E-state index in [1.54, 1.807) is 56.3 Å². The van der Waals surface area contributed by atoms with Crippen molar-refractivity contribution < 1.29 is 14.4 Å². The molecule has 0 aliphatic heterocycles. The molecular formula is C27H33N5O4. The van der Waals surface area contributed by atoms with E-state index in [2.05, 4.69) is 28.2 Å². The standard InChI is InChI=1S/C27H33N5O4/c1-5-6-9-15-32-27(36)21-14-8-7-13-20(21)23(31-32)26(35)30-29-25(34)22(17(2)3)28-24(33)19-12-10-11-18(4)16-19/h7-8,10-14,16-17,22H,5-6,9,15H2,1-4H3,(H,28,33)(H,29,34)(H,30,35)/t22-/m0/s1. The van der Waals surface area contributed by atoms with E-state index in [-0.39, 0.29) is 23.1 Å². The molecule has 9 nitrogen and oxygen atoms in total. The molecule has 3 amide bonds. The van der Waals surface area contributed by atoms with Gasteiger partial charge in [0.2, 0.25) is 0 Å². The number of fused-ring (bicyclic) bond motifs is 1. The molecule has 0 saturated carbocycles. The first-order valence-corrected chi connectivity index (χ1v) is 12.2. The average Bonchev–Trinajstić information content (AvgIpc) is 2.86. The van der Waals surface area contributed by atoms with Gasteiger partial charge in [-0.2, -0.15) is 5.10 Å². The van der Waals surface area contributed by atoms with Gasteiger partial charge < -0.3 is 5.32 Å². The van der Waals surface area contributed by atoms with Crippen LogP contribution in [0.2, 0.25) is 0 Å². The third-order valence-electron chi connectivity index (χ3n) is 5.87. The fraction of sp³-hybridized carbons (Fsp3) is 0.370. The lowest BCUT2D eigenvalue weighted by Crippen LogP contribution is -2.54. The first-order valence-electron chi connectivity index (χ1n) is 12.2. The molecule has 36 heavy (non-hydrogen) atoms. The summed E-state index contributed by atoms with van der Waals surface area (Å²) >= 11 is 0. The van der Waals surface area contributed by atoms with Crippen molar-refractivity contribution in [3.05, 3.63) is 75.7 Å². The van der Waals surface area contributed by atoms with Gasteiger partial charge in [-0.3, -0.25) is 30.0 Å². The minimum atomic E-state index is -0.883. The zero-order valence-electron chi connectivity index (χ0n) is 21.1. The van der Waals surface area contributed by atoms with Gasteiger partial charge in [-0.1, -0.05) is 69.5 Å². The second-order valence-electron chi connectivity index (χ2n) is 9.14. The third kappa shape index (κ3) is 6.35. The number of nitrogens with zero attached hydrogens (tertiary/aromatic N) is 2. The van der Waals surface area contributed by atoms with Gasteiger partial charge in [-0.05, 0) is 37.5 Å². The molecule has 3 aromatic rings. The van der Waals surface area contributed by atoms with E-state index >= 15 is 0 Å². The molecule has 3 rings (SSSR count). The molecule has 1 aromatic heterocycles. The van der Waals surface area contributed by atoms with Crippen LogP contribution in [0.5, 0.6) is 0 Å². The first-order chi connectivity index (χ1) is 17.2. The number of nitrogens with one attached hydrogen (secondary N) is 3. The Hall–Kier alpha value is -4.01. The van der Waals surface area contributed by atoms with Gasteiger partial charge in [-0.25, -0.2) is 4.68 Å². The topological polar surface area (TPSA) is 122 Å². The van der Waals surface area contributed by atoms with Crippen LogP contribution in [0.1, 0.15) is 66.4 Å². The lowest BCUT2D eigenvalue weighted by molar-refractivity contribution is -0.124. The van der Waals surface area contributed by atoms with E-state index in [0.29, 0.717) is 22.9 Å². The Kier molecular flexibility index (Phi) is 8.94. The minimum absolute atomic E-state index is 0.0342. The normalized spacial score (nSPS) is 11.8. The number of hydrogen-bond acceptors (Lipinski definition) is 5. The maximum atomic E-state index is 13.0. The fourth-order valence-electron chi connectivity index (χ4n) is 3.87. The SMILES string of the molecule is CCCCCn1nc(C(=O)NNC(=O)[C@@H](NC(=O)c2cccc(C)c2)C(C)C)c2ccccc2c1=O. The van der Waals surface area contributed by atoms with E-state index < -0.39 is 17.9 Å². The maximum Gasteiger partial charge on any atom is 0.290 e. The Labute approximate surface area is 210 Å². The van der Waals surface area contributed by atoms with Gasteiger partial charge in [-0.15, -0.1) is 0 Å². The Bertz CT molecular complexity index is 1320. The highest BCUT2D eigenvalue weighted by Gasteiger charge is 2.26. The molecule has 0 radical (unpaired) electrons. The number of amides is 3. The second kappa shape index (κ2) is 12.1. The number of carbonyl (C=O) groups excluding carboxylic acids is 3. The molecule has 0 aliphatic carbocycles. The molecule has 0 bridgehead atoms. The predicted octanol–water partition coefficient (Wildman–Crippen LogP) is 3.11. The Morgan fingerprint density at radius 3 is 2.33 bits per heavy atom. The molecule has 1 atom stereocenters.